The maximum Gasteiger partial charge on any atom is 0.283 e. The van der Waals surface area contributed by atoms with Crippen LogP contribution in [0.1, 0.15) is 24.0 Å². The molecule has 3 aliphatic heterocycles. The lowest BCUT2D eigenvalue weighted by molar-refractivity contribution is -0.186. The van der Waals surface area contributed by atoms with Crippen molar-refractivity contribution in [3.63, 3.8) is 0 Å². The molecule has 1 atom stereocenters. The van der Waals surface area contributed by atoms with Gasteiger partial charge in [-0.25, -0.2) is 4.99 Å². The Morgan fingerprint density at radius 2 is 1.90 bits per heavy atom. The minimum Gasteiger partial charge on any atom is -0.347 e. The van der Waals surface area contributed by atoms with Crippen molar-refractivity contribution in [1.82, 2.24) is 4.90 Å². The summed E-state index contributed by atoms with van der Waals surface area (Å²) in [5, 5.41) is -0.0594. The van der Waals surface area contributed by atoms with Gasteiger partial charge >= 0.3 is 0 Å². The van der Waals surface area contributed by atoms with Crippen LogP contribution in [0.15, 0.2) is 58.0 Å². The summed E-state index contributed by atoms with van der Waals surface area (Å²) in [5.74, 6) is -0.802. The van der Waals surface area contributed by atoms with Gasteiger partial charge in [0.2, 0.25) is 0 Å². The minimum absolute atomic E-state index is 0.0382. The first-order valence-corrected chi connectivity index (χ1v) is 11.4. The van der Waals surface area contributed by atoms with E-state index in [9.17, 15) is 9.59 Å². The maximum atomic E-state index is 13.0. The Kier molecular flexibility index (Phi) is 5.42. The van der Waals surface area contributed by atoms with Gasteiger partial charge in [-0.3, -0.25) is 9.59 Å². The standard InChI is InChI=1S/C24H24N2O4S/c1-16-2-4-17(5-3-16)14-21-22(27)25-19-15-18(6-7-20(19)31-21)23(28)26-10-8-24(9-11-26)29-12-13-30-24/h2-7,14-15,20H,8-13H2,1H3/b21-14+. The molecule has 6 nitrogen and oxygen atoms in total. The van der Waals surface area contributed by atoms with E-state index in [1.54, 1.807) is 6.08 Å². The first kappa shape index (κ1) is 20.4. The van der Waals surface area contributed by atoms with Gasteiger partial charge in [-0.05, 0) is 24.6 Å². The van der Waals surface area contributed by atoms with Crippen LogP contribution in [0.5, 0.6) is 0 Å². The molecule has 1 unspecified atom stereocenters. The molecule has 0 radical (unpaired) electrons. The van der Waals surface area contributed by atoms with E-state index in [4.69, 9.17) is 9.47 Å². The van der Waals surface area contributed by atoms with E-state index in [1.165, 1.54) is 17.3 Å². The highest BCUT2D eigenvalue weighted by Gasteiger charge is 2.41. The van der Waals surface area contributed by atoms with Crippen LogP contribution in [0.2, 0.25) is 0 Å². The van der Waals surface area contributed by atoms with Gasteiger partial charge in [-0.15, -0.1) is 11.8 Å². The lowest BCUT2D eigenvalue weighted by Crippen LogP contribution is -2.47. The molecule has 7 heteroatoms. The summed E-state index contributed by atoms with van der Waals surface area (Å²) in [6.07, 6.45) is 8.81. The third kappa shape index (κ3) is 4.18. The number of piperidine rings is 1. The number of aryl methyl sites for hydroxylation is 1. The first-order valence-electron chi connectivity index (χ1n) is 10.6. The number of fused-ring (bicyclic) bond motifs is 1. The number of hydrogen-bond acceptors (Lipinski definition) is 5. The van der Waals surface area contributed by atoms with Gasteiger partial charge in [0.15, 0.2) is 5.79 Å². The van der Waals surface area contributed by atoms with E-state index in [2.05, 4.69) is 4.99 Å². The van der Waals surface area contributed by atoms with Crippen molar-refractivity contribution in [2.45, 2.75) is 30.8 Å². The number of amides is 2. The minimum atomic E-state index is -0.505. The fourth-order valence-electron chi connectivity index (χ4n) is 4.20. The molecule has 31 heavy (non-hydrogen) atoms. The SMILES string of the molecule is Cc1ccc(/C=C2/SC3C=CC(C(=O)N4CCC5(CC4)OCCO5)=CC3=NC2=O)cc1. The Balaban J connectivity index is 1.29. The van der Waals surface area contributed by atoms with Crippen LogP contribution in [-0.4, -0.2) is 59.8 Å². The maximum absolute atomic E-state index is 13.0. The van der Waals surface area contributed by atoms with E-state index >= 15 is 0 Å². The van der Waals surface area contributed by atoms with Gasteiger partial charge in [-0.1, -0.05) is 42.0 Å². The van der Waals surface area contributed by atoms with Crippen LogP contribution in [0.4, 0.5) is 0 Å². The van der Waals surface area contributed by atoms with Gasteiger partial charge < -0.3 is 14.4 Å². The van der Waals surface area contributed by atoms with E-state index in [0.29, 0.717) is 55.3 Å². The smallest absolute Gasteiger partial charge is 0.283 e. The third-order valence-corrected chi connectivity index (χ3v) is 7.19. The molecule has 3 heterocycles. The fourth-order valence-corrected chi connectivity index (χ4v) is 5.22. The normalized spacial score (nSPS) is 26.1. The summed E-state index contributed by atoms with van der Waals surface area (Å²) in [4.78, 5) is 32.3. The van der Waals surface area contributed by atoms with Crippen molar-refractivity contribution in [1.29, 1.82) is 0 Å². The summed E-state index contributed by atoms with van der Waals surface area (Å²) < 4.78 is 11.5. The molecule has 2 saturated heterocycles. The zero-order chi connectivity index (χ0) is 21.4. The van der Waals surface area contributed by atoms with E-state index in [-0.39, 0.29) is 17.1 Å². The lowest BCUT2D eigenvalue weighted by atomic mass is 10.00. The average molecular weight is 437 g/mol. The molecular weight excluding hydrogens is 412 g/mol. The van der Waals surface area contributed by atoms with Gasteiger partial charge in [0.05, 0.1) is 29.1 Å². The Morgan fingerprint density at radius 3 is 2.61 bits per heavy atom. The molecule has 160 valence electrons. The number of aliphatic imine (C=N–C) groups is 1. The molecule has 1 aromatic carbocycles. The second-order valence-electron chi connectivity index (χ2n) is 8.16. The molecule has 2 amide bonds. The second-order valence-corrected chi connectivity index (χ2v) is 9.34. The lowest BCUT2D eigenvalue weighted by Gasteiger charge is -2.38. The highest BCUT2D eigenvalue weighted by Crippen LogP contribution is 2.35. The fraction of sp³-hybridized carbons (Fsp3) is 0.375. The summed E-state index contributed by atoms with van der Waals surface area (Å²) >= 11 is 1.48. The predicted octanol–water partition coefficient (Wildman–Crippen LogP) is 3.28. The number of hydrogen-bond donors (Lipinski definition) is 0. The largest absolute Gasteiger partial charge is 0.347 e. The summed E-state index contributed by atoms with van der Waals surface area (Å²) in [6, 6.07) is 8.03. The number of ether oxygens (including phenoxy) is 2. The zero-order valence-corrected chi connectivity index (χ0v) is 18.2. The number of carbonyl (C=O) groups excluding carboxylic acids is 2. The number of rotatable bonds is 2. The van der Waals surface area contributed by atoms with Crippen LogP contribution in [-0.2, 0) is 19.1 Å². The van der Waals surface area contributed by atoms with Gasteiger partial charge in [0.25, 0.3) is 11.8 Å². The van der Waals surface area contributed by atoms with Crippen molar-refractivity contribution in [2.24, 2.45) is 4.99 Å². The Hall–Kier alpha value is -2.48. The van der Waals surface area contributed by atoms with Crippen LogP contribution in [0, 0.1) is 6.92 Å². The van der Waals surface area contributed by atoms with E-state index in [0.717, 1.165) is 5.56 Å². The summed E-state index contributed by atoms with van der Waals surface area (Å²) in [7, 11) is 0. The quantitative estimate of drug-likeness (QED) is 0.666. The highest BCUT2D eigenvalue weighted by atomic mass is 32.2. The molecule has 0 saturated carbocycles. The first-order chi connectivity index (χ1) is 15.0. The van der Waals surface area contributed by atoms with Crippen molar-refractivity contribution in [3.05, 3.63) is 64.1 Å². The zero-order valence-electron chi connectivity index (χ0n) is 17.4. The molecule has 1 spiro atoms. The van der Waals surface area contributed by atoms with Crippen molar-refractivity contribution in [3.8, 4) is 0 Å². The second kappa shape index (κ2) is 8.22. The van der Waals surface area contributed by atoms with Gasteiger partial charge in [-0.2, -0.15) is 0 Å². The van der Waals surface area contributed by atoms with Crippen LogP contribution < -0.4 is 0 Å². The summed E-state index contributed by atoms with van der Waals surface area (Å²) in [5.41, 5.74) is 3.36. The molecule has 1 aliphatic carbocycles. The Bertz CT molecular complexity index is 1020. The molecule has 0 bridgehead atoms. The van der Waals surface area contributed by atoms with Crippen LogP contribution in [0.25, 0.3) is 6.08 Å². The average Bonchev–Trinajstić information content (AvgIpc) is 3.23. The number of likely N-dealkylation sites (tertiary alicyclic amines) is 1. The summed E-state index contributed by atoms with van der Waals surface area (Å²) in [6.45, 7) is 4.46. The molecule has 0 aromatic heterocycles. The monoisotopic (exact) mass is 436 g/mol. The number of allylic oxidation sites excluding steroid dienone is 1. The van der Waals surface area contributed by atoms with Crippen LogP contribution >= 0.6 is 11.8 Å². The molecule has 5 rings (SSSR count). The Morgan fingerprint density at radius 1 is 1.19 bits per heavy atom. The molecule has 2 fully saturated rings. The number of carbonyl (C=O) groups is 2. The molecule has 4 aliphatic rings. The third-order valence-electron chi connectivity index (χ3n) is 5.99. The topological polar surface area (TPSA) is 68.2 Å². The molecular formula is C24H24N2O4S. The Labute approximate surface area is 185 Å². The highest BCUT2D eigenvalue weighted by molar-refractivity contribution is 8.05. The predicted molar refractivity (Wildman–Crippen MR) is 121 cm³/mol. The molecule has 0 N–H and O–H groups in total. The van der Waals surface area contributed by atoms with Crippen molar-refractivity contribution in [2.75, 3.05) is 26.3 Å². The molecule has 1 aromatic rings. The van der Waals surface area contributed by atoms with Crippen molar-refractivity contribution >= 4 is 35.4 Å². The number of nitrogens with zero attached hydrogens (tertiary/aromatic N) is 2. The van der Waals surface area contributed by atoms with E-state index in [1.807, 2.05) is 54.3 Å². The number of thioether (sulfide) groups is 1. The van der Waals surface area contributed by atoms with Crippen LogP contribution in [0.3, 0.4) is 0 Å². The van der Waals surface area contributed by atoms with Gasteiger partial charge in [0.1, 0.15) is 0 Å². The van der Waals surface area contributed by atoms with Gasteiger partial charge in [0, 0.05) is 31.5 Å². The number of benzene rings is 1. The van der Waals surface area contributed by atoms with E-state index < -0.39 is 5.79 Å². The van der Waals surface area contributed by atoms with Crippen molar-refractivity contribution < 1.29 is 19.1 Å².